The lowest BCUT2D eigenvalue weighted by atomic mass is 10.4. The standard InChI is InChI=1S/C10H17NO6S/c1-2-17-10(14)7-18(15,16)11(6-9(12)13)5-8-3-4-8/h8H,2-7H2,1H3,(H,12,13). The average Bonchev–Trinajstić information content (AvgIpc) is 2.99. The zero-order valence-corrected chi connectivity index (χ0v) is 11.0. The number of carboxylic acid groups (broad SMARTS) is 1. The summed E-state index contributed by atoms with van der Waals surface area (Å²) >= 11 is 0. The minimum absolute atomic E-state index is 0.0932. The molecule has 8 heteroatoms. The molecule has 0 atom stereocenters. The highest BCUT2D eigenvalue weighted by Gasteiger charge is 2.33. The Hall–Kier alpha value is -1.15. The predicted octanol–water partition coefficient (Wildman–Crippen LogP) is -0.324. The SMILES string of the molecule is CCOC(=O)CS(=O)(=O)N(CC(=O)O)CC1CC1. The fourth-order valence-electron chi connectivity index (χ4n) is 1.46. The fraction of sp³-hybridized carbons (Fsp3) is 0.800. The molecule has 104 valence electrons. The van der Waals surface area contributed by atoms with Crippen molar-refractivity contribution in [1.82, 2.24) is 4.31 Å². The van der Waals surface area contributed by atoms with Crippen molar-refractivity contribution in [2.75, 3.05) is 25.4 Å². The molecule has 0 saturated heterocycles. The first-order valence-corrected chi connectivity index (χ1v) is 7.31. The number of rotatable bonds is 8. The Morgan fingerprint density at radius 2 is 2.00 bits per heavy atom. The minimum Gasteiger partial charge on any atom is -0.480 e. The number of ether oxygens (including phenoxy) is 1. The van der Waals surface area contributed by atoms with Crippen molar-refractivity contribution in [2.45, 2.75) is 19.8 Å². The van der Waals surface area contributed by atoms with Gasteiger partial charge in [0.1, 0.15) is 6.54 Å². The average molecular weight is 279 g/mol. The fourth-order valence-corrected chi connectivity index (χ4v) is 2.77. The van der Waals surface area contributed by atoms with Crippen LogP contribution in [0.15, 0.2) is 0 Å². The molecule has 0 bridgehead atoms. The van der Waals surface area contributed by atoms with Gasteiger partial charge < -0.3 is 9.84 Å². The van der Waals surface area contributed by atoms with Crippen LogP contribution < -0.4 is 0 Å². The number of carbonyl (C=O) groups excluding carboxylic acids is 1. The summed E-state index contributed by atoms with van der Waals surface area (Å²) in [6.07, 6.45) is 1.79. The smallest absolute Gasteiger partial charge is 0.322 e. The zero-order chi connectivity index (χ0) is 13.8. The van der Waals surface area contributed by atoms with Crippen LogP contribution in [0.2, 0.25) is 0 Å². The van der Waals surface area contributed by atoms with Crippen LogP contribution in [0, 0.1) is 5.92 Å². The molecule has 0 aromatic carbocycles. The molecule has 1 saturated carbocycles. The second-order valence-electron chi connectivity index (χ2n) is 4.19. The Balaban J connectivity index is 2.67. The summed E-state index contributed by atoms with van der Waals surface area (Å²) in [4.78, 5) is 21.8. The Morgan fingerprint density at radius 3 is 2.44 bits per heavy atom. The van der Waals surface area contributed by atoms with Crippen LogP contribution in [0.25, 0.3) is 0 Å². The van der Waals surface area contributed by atoms with Crippen LogP contribution in [-0.2, 0) is 24.3 Å². The Labute approximate surface area is 106 Å². The Bertz CT molecular complexity index is 414. The number of carboxylic acids is 1. The summed E-state index contributed by atoms with van der Waals surface area (Å²) in [5.74, 6) is -2.69. The maximum atomic E-state index is 11.9. The molecule has 0 aliphatic heterocycles. The van der Waals surface area contributed by atoms with E-state index < -0.39 is 34.3 Å². The molecule has 1 aliphatic carbocycles. The topological polar surface area (TPSA) is 101 Å². The van der Waals surface area contributed by atoms with E-state index in [1.165, 1.54) is 0 Å². The summed E-state index contributed by atoms with van der Waals surface area (Å²) in [5.41, 5.74) is 0. The molecule has 0 unspecified atom stereocenters. The molecular weight excluding hydrogens is 262 g/mol. The maximum absolute atomic E-state index is 11.9. The summed E-state index contributed by atoms with van der Waals surface area (Å²) in [6, 6.07) is 0. The van der Waals surface area contributed by atoms with Crippen molar-refractivity contribution in [2.24, 2.45) is 5.92 Å². The largest absolute Gasteiger partial charge is 0.480 e. The van der Waals surface area contributed by atoms with Crippen molar-refractivity contribution in [3.63, 3.8) is 0 Å². The Kier molecular flexibility index (Phi) is 5.09. The monoisotopic (exact) mass is 279 g/mol. The van der Waals surface area contributed by atoms with Crippen LogP contribution in [0.5, 0.6) is 0 Å². The number of esters is 1. The molecule has 1 fully saturated rings. The minimum atomic E-state index is -3.92. The molecule has 0 heterocycles. The molecule has 1 aliphatic rings. The highest BCUT2D eigenvalue weighted by molar-refractivity contribution is 7.89. The van der Waals surface area contributed by atoms with Crippen LogP contribution >= 0.6 is 0 Å². The van der Waals surface area contributed by atoms with Gasteiger partial charge in [0, 0.05) is 6.54 Å². The van der Waals surface area contributed by atoms with Crippen LogP contribution in [0.1, 0.15) is 19.8 Å². The number of carbonyl (C=O) groups is 2. The van der Waals surface area contributed by atoms with Gasteiger partial charge in [0.25, 0.3) is 0 Å². The second-order valence-corrected chi connectivity index (χ2v) is 6.16. The molecule has 1 N–H and O–H groups in total. The number of sulfonamides is 1. The Morgan fingerprint density at radius 1 is 1.39 bits per heavy atom. The van der Waals surface area contributed by atoms with Gasteiger partial charge in [-0.25, -0.2) is 8.42 Å². The molecule has 0 spiro atoms. The summed E-state index contributed by atoms with van der Waals surface area (Å²) in [6.45, 7) is 1.21. The van der Waals surface area contributed by atoms with Gasteiger partial charge in [0.2, 0.25) is 10.0 Å². The summed E-state index contributed by atoms with van der Waals surface area (Å²) in [5, 5.41) is 8.70. The molecule has 18 heavy (non-hydrogen) atoms. The van der Waals surface area contributed by atoms with Crippen molar-refractivity contribution < 1.29 is 27.9 Å². The van der Waals surface area contributed by atoms with Crippen LogP contribution in [0.3, 0.4) is 0 Å². The highest BCUT2D eigenvalue weighted by atomic mass is 32.2. The molecule has 1 rings (SSSR count). The van der Waals surface area contributed by atoms with Crippen LogP contribution in [-0.4, -0.2) is 55.2 Å². The molecular formula is C10H17NO6S. The van der Waals surface area contributed by atoms with E-state index in [1.54, 1.807) is 6.92 Å². The maximum Gasteiger partial charge on any atom is 0.322 e. The first-order valence-electron chi connectivity index (χ1n) is 5.70. The number of hydrogen-bond acceptors (Lipinski definition) is 5. The van der Waals surface area contributed by atoms with E-state index in [9.17, 15) is 18.0 Å². The van der Waals surface area contributed by atoms with Crippen molar-refractivity contribution >= 4 is 22.0 Å². The van der Waals surface area contributed by atoms with E-state index in [1.807, 2.05) is 0 Å². The summed E-state index contributed by atoms with van der Waals surface area (Å²) in [7, 11) is -3.92. The van der Waals surface area contributed by atoms with Gasteiger partial charge in [-0.15, -0.1) is 0 Å². The lowest BCUT2D eigenvalue weighted by Crippen LogP contribution is -2.40. The van der Waals surface area contributed by atoms with Gasteiger partial charge in [-0.05, 0) is 25.7 Å². The molecule has 0 aromatic rings. The van der Waals surface area contributed by atoms with Crippen molar-refractivity contribution in [1.29, 1.82) is 0 Å². The third kappa shape index (κ3) is 5.01. The first-order chi connectivity index (χ1) is 8.35. The van der Waals surface area contributed by atoms with E-state index in [0.29, 0.717) is 0 Å². The second kappa shape index (κ2) is 6.14. The van der Waals surface area contributed by atoms with E-state index in [2.05, 4.69) is 4.74 Å². The summed E-state index contributed by atoms with van der Waals surface area (Å²) < 4.78 is 29.2. The third-order valence-corrected chi connectivity index (χ3v) is 4.13. The van der Waals surface area contributed by atoms with E-state index in [0.717, 1.165) is 17.1 Å². The van der Waals surface area contributed by atoms with Crippen molar-refractivity contribution in [3.05, 3.63) is 0 Å². The van der Waals surface area contributed by atoms with Gasteiger partial charge >= 0.3 is 11.9 Å². The molecule has 7 nitrogen and oxygen atoms in total. The normalized spacial score (nSPS) is 15.7. The predicted molar refractivity (Wildman–Crippen MR) is 62.4 cm³/mol. The lowest BCUT2D eigenvalue weighted by Gasteiger charge is -2.19. The van der Waals surface area contributed by atoms with Gasteiger partial charge in [-0.1, -0.05) is 0 Å². The van der Waals surface area contributed by atoms with Gasteiger partial charge in [0.15, 0.2) is 5.75 Å². The highest BCUT2D eigenvalue weighted by Crippen LogP contribution is 2.30. The van der Waals surface area contributed by atoms with E-state index in [-0.39, 0.29) is 19.1 Å². The number of aliphatic carboxylic acids is 1. The lowest BCUT2D eigenvalue weighted by molar-refractivity contribution is -0.140. The number of hydrogen-bond donors (Lipinski definition) is 1. The molecule has 0 radical (unpaired) electrons. The van der Waals surface area contributed by atoms with E-state index >= 15 is 0 Å². The molecule has 0 amide bonds. The quantitative estimate of drug-likeness (QED) is 0.611. The van der Waals surface area contributed by atoms with Crippen LogP contribution in [0.4, 0.5) is 0 Å². The molecule has 0 aromatic heterocycles. The third-order valence-electron chi connectivity index (χ3n) is 2.47. The number of nitrogens with zero attached hydrogens (tertiary/aromatic N) is 1. The van der Waals surface area contributed by atoms with Gasteiger partial charge in [0.05, 0.1) is 6.61 Å². The van der Waals surface area contributed by atoms with Gasteiger partial charge in [-0.3, -0.25) is 9.59 Å². The zero-order valence-electron chi connectivity index (χ0n) is 10.2. The van der Waals surface area contributed by atoms with Crippen molar-refractivity contribution in [3.8, 4) is 0 Å². The van der Waals surface area contributed by atoms with Gasteiger partial charge in [-0.2, -0.15) is 4.31 Å². The van der Waals surface area contributed by atoms with E-state index in [4.69, 9.17) is 5.11 Å². The first kappa shape index (κ1) is 14.9.